The number of hydrogen-bond donors (Lipinski definition) is 2. The number of aryl methyl sites for hydroxylation is 1. The third kappa shape index (κ3) is 5.16. The number of hydrogen-bond acceptors (Lipinski definition) is 5. The van der Waals surface area contributed by atoms with Crippen LogP contribution < -0.4 is 10.6 Å². The second-order valence-corrected chi connectivity index (χ2v) is 10.1. The molecule has 29 heavy (non-hydrogen) atoms. The lowest BCUT2D eigenvalue weighted by atomic mass is 10.2. The number of benzene rings is 2. The van der Waals surface area contributed by atoms with Crippen molar-refractivity contribution in [1.82, 2.24) is 0 Å². The minimum atomic E-state index is -3.72. The van der Waals surface area contributed by atoms with Gasteiger partial charge in [-0.3, -0.25) is 9.59 Å². The molecule has 1 atom stereocenters. The molecular weight excluding hydrogens is 415 g/mol. The monoisotopic (exact) mass is 436 g/mol. The summed E-state index contributed by atoms with van der Waals surface area (Å²) in [7, 11) is -3.72. The van der Waals surface area contributed by atoms with Crippen LogP contribution in [-0.2, 0) is 19.4 Å². The molecule has 0 unspecified atom stereocenters. The normalized spacial score (nSPS) is 16.5. The molecule has 3 rings (SSSR count). The fourth-order valence-corrected chi connectivity index (χ4v) is 5.07. The van der Waals surface area contributed by atoms with Crippen molar-refractivity contribution in [2.75, 3.05) is 22.1 Å². The van der Waals surface area contributed by atoms with Gasteiger partial charge < -0.3 is 10.6 Å². The van der Waals surface area contributed by atoms with Gasteiger partial charge in [0.25, 0.3) is 0 Å². The smallest absolute Gasteiger partial charge is 0.228 e. The van der Waals surface area contributed by atoms with E-state index in [1.807, 2.05) is 6.92 Å². The van der Waals surface area contributed by atoms with E-state index >= 15 is 0 Å². The molecule has 0 aliphatic carbocycles. The molecule has 0 radical (unpaired) electrons. The third-order valence-corrected chi connectivity index (χ3v) is 7.61. The summed E-state index contributed by atoms with van der Waals surface area (Å²) >= 11 is 1.49. The summed E-state index contributed by atoms with van der Waals surface area (Å²) < 4.78 is 38.5. The molecule has 0 saturated carbocycles. The summed E-state index contributed by atoms with van der Waals surface area (Å²) in [6, 6.07) is 8.55. The van der Waals surface area contributed by atoms with Crippen molar-refractivity contribution in [3.63, 3.8) is 0 Å². The zero-order chi connectivity index (χ0) is 21.2. The second kappa shape index (κ2) is 8.54. The topological polar surface area (TPSA) is 92.3 Å². The number of amides is 2. The van der Waals surface area contributed by atoms with E-state index in [2.05, 4.69) is 10.6 Å². The average Bonchev–Trinajstić information content (AvgIpc) is 2.80. The van der Waals surface area contributed by atoms with Crippen LogP contribution in [0, 0.1) is 18.7 Å². The first-order valence-corrected chi connectivity index (χ1v) is 11.7. The van der Waals surface area contributed by atoms with Crippen LogP contribution in [0.4, 0.5) is 15.8 Å². The Morgan fingerprint density at radius 1 is 1.28 bits per heavy atom. The predicted molar refractivity (Wildman–Crippen MR) is 111 cm³/mol. The van der Waals surface area contributed by atoms with E-state index in [9.17, 15) is 22.4 Å². The predicted octanol–water partition coefficient (Wildman–Crippen LogP) is 3.62. The van der Waals surface area contributed by atoms with Crippen molar-refractivity contribution in [2.45, 2.75) is 30.1 Å². The van der Waals surface area contributed by atoms with E-state index in [4.69, 9.17) is 0 Å². The summed E-state index contributed by atoms with van der Waals surface area (Å²) in [4.78, 5) is 25.0. The van der Waals surface area contributed by atoms with Crippen LogP contribution in [0.25, 0.3) is 0 Å². The van der Waals surface area contributed by atoms with Gasteiger partial charge in [0.2, 0.25) is 11.8 Å². The third-order valence-electron chi connectivity index (χ3n) is 4.56. The molecule has 9 heteroatoms. The number of nitrogens with one attached hydrogen (secondary N) is 2. The maximum absolute atomic E-state index is 13.1. The standard InChI is InChI=1S/C20H21FN2O4S2/c1-12-9-14(21)3-5-16(12)22-19(24)7-8-29(26,27)15-4-6-18-17(10-15)23-20(25)13(2)11-28-18/h3-6,9-10,13H,7-8,11H2,1-2H3,(H,22,24)(H,23,25)/t13-/m0/s1. The lowest BCUT2D eigenvalue weighted by Gasteiger charge is -2.11. The van der Waals surface area contributed by atoms with Gasteiger partial charge in [-0.05, 0) is 48.9 Å². The van der Waals surface area contributed by atoms with Gasteiger partial charge in [-0.25, -0.2) is 12.8 Å². The van der Waals surface area contributed by atoms with E-state index in [0.29, 0.717) is 22.7 Å². The minimum Gasteiger partial charge on any atom is -0.326 e. The lowest BCUT2D eigenvalue weighted by molar-refractivity contribution is -0.118. The van der Waals surface area contributed by atoms with Gasteiger partial charge in [0.05, 0.1) is 16.3 Å². The molecule has 0 saturated heterocycles. The summed E-state index contributed by atoms with van der Waals surface area (Å²) in [6.07, 6.45) is -0.242. The number of carbonyl (C=O) groups is 2. The van der Waals surface area contributed by atoms with Crippen molar-refractivity contribution in [3.8, 4) is 0 Å². The Kier molecular flexibility index (Phi) is 6.28. The highest BCUT2D eigenvalue weighted by Gasteiger charge is 2.23. The highest BCUT2D eigenvalue weighted by Crippen LogP contribution is 2.34. The maximum atomic E-state index is 13.1. The molecule has 2 aromatic rings. The van der Waals surface area contributed by atoms with Gasteiger partial charge in [0.1, 0.15) is 5.82 Å². The van der Waals surface area contributed by atoms with Crippen molar-refractivity contribution in [2.24, 2.45) is 5.92 Å². The van der Waals surface area contributed by atoms with E-state index in [-0.39, 0.29) is 28.9 Å². The average molecular weight is 437 g/mol. The molecule has 0 aromatic heterocycles. The molecule has 1 aliphatic rings. The summed E-state index contributed by atoms with van der Waals surface area (Å²) in [5, 5.41) is 5.36. The molecule has 1 heterocycles. The number of halogens is 1. The Labute approximate surface area is 173 Å². The first-order chi connectivity index (χ1) is 13.7. The Hall–Kier alpha value is -2.39. The number of rotatable bonds is 5. The summed E-state index contributed by atoms with van der Waals surface area (Å²) in [5.41, 5.74) is 1.46. The molecule has 154 valence electrons. The van der Waals surface area contributed by atoms with Crippen LogP contribution in [0.15, 0.2) is 46.2 Å². The first-order valence-electron chi connectivity index (χ1n) is 9.02. The van der Waals surface area contributed by atoms with Gasteiger partial charge in [0.15, 0.2) is 9.84 Å². The number of thioether (sulfide) groups is 1. The van der Waals surface area contributed by atoms with Crippen LogP contribution in [-0.4, -0.2) is 31.7 Å². The van der Waals surface area contributed by atoms with E-state index in [1.54, 1.807) is 13.0 Å². The van der Waals surface area contributed by atoms with Crippen LogP contribution >= 0.6 is 11.8 Å². The molecular formula is C20H21FN2O4S2. The molecule has 2 N–H and O–H groups in total. The highest BCUT2D eigenvalue weighted by molar-refractivity contribution is 7.99. The van der Waals surface area contributed by atoms with Gasteiger partial charge in [0, 0.05) is 28.7 Å². The zero-order valence-corrected chi connectivity index (χ0v) is 17.6. The molecule has 6 nitrogen and oxygen atoms in total. The van der Waals surface area contributed by atoms with Gasteiger partial charge in [-0.1, -0.05) is 6.92 Å². The van der Waals surface area contributed by atoms with Gasteiger partial charge in [-0.2, -0.15) is 0 Å². The van der Waals surface area contributed by atoms with Crippen molar-refractivity contribution in [3.05, 3.63) is 47.8 Å². The molecule has 0 spiro atoms. The van der Waals surface area contributed by atoms with Crippen molar-refractivity contribution in [1.29, 1.82) is 0 Å². The number of fused-ring (bicyclic) bond motifs is 1. The Balaban J connectivity index is 1.69. The number of anilines is 2. The lowest BCUT2D eigenvalue weighted by Crippen LogP contribution is -2.20. The van der Waals surface area contributed by atoms with E-state index in [0.717, 1.165) is 4.90 Å². The first kappa shape index (κ1) is 21.3. The maximum Gasteiger partial charge on any atom is 0.228 e. The van der Waals surface area contributed by atoms with Crippen LogP contribution in [0.5, 0.6) is 0 Å². The summed E-state index contributed by atoms with van der Waals surface area (Å²) in [5.74, 6) is -0.976. The molecule has 0 bridgehead atoms. The summed E-state index contributed by atoms with van der Waals surface area (Å²) in [6.45, 7) is 3.46. The number of carbonyl (C=O) groups excluding carboxylic acids is 2. The molecule has 0 fully saturated rings. The largest absolute Gasteiger partial charge is 0.326 e. The Morgan fingerprint density at radius 2 is 2.03 bits per heavy atom. The Morgan fingerprint density at radius 3 is 2.76 bits per heavy atom. The fourth-order valence-electron chi connectivity index (χ4n) is 2.80. The Bertz CT molecular complexity index is 1070. The van der Waals surface area contributed by atoms with E-state index < -0.39 is 21.6 Å². The highest BCUT2D eigenvalue weighted by atomic mass is 32.2. The quantitative estimate of drug-likeness (QED) is 0.747. The minimum absolute atomic E-state index is 0.0532. The van der Waals surface area contributed by atoms with Crippen molar-refractivity contribution >= 4 is 44.8 Å². The SMILES string of the molecule is Cc1cc(F)ccc1NC(=O)CCS(=O)(=O)c1ccc2c(c1)NC(=O)[C@@H](C)CS2. The molecule has 2 aromatic carbocycles. The van der Waals surface area contributed by atoms with Crippen molar-refractivity contribution < 1.29 is 22.4 Å². The van der Waals surface area contributed by atoms with Gasteiger partial charge in [-0.15, -0.1) is 11.8 Å². The molecule has 1 aliphatic heterocycles. The second-order valence-electron chi connectivity index (χ2n) is 6.94. The van der Waals surface area contributed by atoms with Gasteiger partial charge >= 0.3 is 0 Å². The van der Waals surface area contributed by atoms with Crippen LogP contribution in [0.2, 0.25) is 0 Å². The van der Waals surface area contributed by atoms with Crippen LogP contribution in [0.1, 0.15) is 18.9 Å². The molecule has 2 amide bonds. The number of sulfone groups is 1. The van der Waals surface area contributed by atoms with Crippen LogP contribution in [0.3, 0.4) is 0 Å². The zero-order valence-electron chi connectivity index (χ0n) is 16.0. The van der Waals surface area contributed by atoms with E-state index in [1.165, 1.54) is 42.1 Å². The fraction of sp³-hybridized carbons (Fsp3) is 0.300.